The molecule has 9 heteroatoms. The molecule has 1 heterocycles. The number of rotatable bonds is 4. The predicted octanol–water partition coefficient (Wildman–Crippen LogP) is 1.02. The fourth-order valence-electron chi connectivity index (χ4n) is 0.887. The zero-order valence-corrected chi connectivity index (χ0v) is 8.78. The molecule has 0 saturated carbocycles. The summed E-state index contributed by atoms with van der Waals surface area (Å²) in [5.41, 5.74) is 0.431. The summed E-state index contributed by atoms with van der Waals surface area (Å²) in [5.74, 6) is -0.0937. The summed E-state index contributed by atoms with van der Waals surface area (Å²) in [6, 6.07) is 0. The van der Waals surface area contributed by atoms with E-state index in [4.69, 9.17) is 5.73 Å². The number of nitrogens with one attached hydrogen (secondary N) is 2. The Bertz CT molecular complexity index is 405. The van der Waals surface area contributed by atoms with Crippen LogP contribution in [0.2, 0.25) is 0 Å². The van der Waals surface area contributed by atoms with Gasteiger partial charge in [0, 0.05) is 12.3 Å². The standard InChI is InChI=1S/C7H9F3N4OS/c8-7(9,10)16-2-1-12-5-4(11)6(15)14-3-13-5/h3H,1-2,11H2,(H2,12,13,14,15). The summed E-state index contributed by atoms with van der Waals surface area (Å²) in [5, 5.41) is 2.55. The Hall–Kier alpha value is -1.38. The largest absolute Gasteiger partial charge is 0.441 e. The van der Waals surface area contributed by atoms with Crippen molar-refractivity contribution in [3.63, 3.8) is 0 Å². The number of hydrogen-bond acceptors (Lipinski definition) is 5. The first kappa shape index (κ1) is 12.7. The van der Waals surface area contributed by atoms with Gasteiger partial charge >= 0.3 is 5.51 Å². The summed E-state index contributed by atoms with van der Waals surface area (Å²) >= 11 is -0.154. The molecule has 0 amide bonds. The molecule has 0 atom stereocenters. The van der Waals surface area contributed by atoms with Crippen LogP contribution in [0.15, 0.2) is 11.1 Å². The monoisotopic (exact) mass is 254 g/mol. The summed E-state index contributed by atoms with van der Waals surface area (Å²) in [6.45, 7) is 0.0187. The second-order valence-corrected chi connectivity index (χ2v) is 3.87. The molecule has 0 fully saturated rings. The van der Waals surface area contributed by atoms with Crippen molar-refractivity contribution in [3.05, 3.63) is 16.7 Å². The topological polar surface area (TPSA) is 83.8 Å². The third-order valence-electron chi connectivity index (χ3n) is 1.55. The highest BCUT2D eigenvalue weighted by Gasteiger charge is 2.27. The zero-order chi connectivity index (χ0) is 12.2. The molecule has 0 radical (unpaired) electrons. The van der Waals surface area contributed by atoms with Gasteiger partial charge < -0.3 is 16.0 Å². The Balaban J connectivity index is 2.44. The zero-order valence-electron chi connectivity index (χ0n) is 7.97. The van der Waals surface area contributed by atoms with Gasteiger partial charge in [-0.2, -0.15) is 13.2 Å². The molecule has 0 aromatic carbocycles. The Labute approximate surface area is 92.6 Å². The van der Waals surface area contributed by atoms with E-state index in [1.54, 1.807) is 0 Å². The van der Waals surface area contributed by atoms with Gasteiger partial charge in [-0.25, -0.2) is 4.98 Å². The van der Waals surface area contributed by atoms with Crippen molar-refractivity contribution in [1.29, 1.82) is 0 Å². The molecule has 90 valence electrons. The van der Waals surface area contributed by atoms with E-state index in [1.165, 1.54) is 0 Å². The van der Waals surface area contributed by atoms with Crippen LogP contribution >= 0.6 is 11.8 Å². The van der Waals surface area contributed by atoms with E-state index in [-0.39, 0.29) is 35.6 Å². The van der Waals surface area contributed by atoms with Crippen LogP contribution in [0.1, 0.15) is 0 Å². The molecular weight excluding hydrogens is 245 g/mol. The van der Waals surface area contributed by atoms with Crippen LogP contribution in [0, 0.1) is 0 Å². The SMILES string of the molecule is Nc1c(NCCSC(F)(F)F)nc[nH]c1=O. The number of thioether (sulfide) groups is 1. The van der Waals surface area contributed by atoms with Gasteiger partial charge in [-0.05, 0) is 11.8 Å². The van der Waals surface area contributed by atoms with Crippen LogP contribution in [0.3, 0.4) is 0 Å². The van der Waals surface area contributed by atoms with Crippen molar-refractivity contribution >= 4 is 23.3 Å². The lowest BCUT2D eigenvalue weighted by molar-refractivity contribution is -0.0327. The van der Waals surface area contributed by atoms with Gasteiger partial charge in [-0.1, -0.05) is 0 Å². The molecule has 5 nitrogen and oxygen atoms in total. The first-order chi connectivity index (χ1) is 7.40. The molecule has 0 unspecified atom stereocenters. The second-order valence-electron chi connectivity index (χ2n) is 2.71. The van der Waals surface area contributed by atoms with Crippen LogP contribution in [0.25, 0.3) is 0 Å². The average molecular weight is 254 g/mol. The van der Waals surface area contributed by atoms with E-state index in [0.29, 0.717) is 0 Å². The first-order valence-corrected chi connectivity index (χ1v) is 5.16. The average Bonchev–Trinajstić information content (AvgIpc) is 2.17. The maximum Gasteiger partial charge on any atom is 0.441 e. The van der Waals surface area contributed by atoms with E-state index in [1.807, 2.05) is 0 Å². The minimum atomic E-state index is -4.26. The van der Waals surface area contributed by atoms with Crippen molar-refractivity contribution in [3.8, 4) is 0 Å². The van der Waals surface area contributed by atoms with Gasteiger partial charge in [0.15, 0.2) is 5.82 Å². The molecular formula is C7H9F3N4OS. The van der Waals surface area contributed by atoms with Gasteiger partial charge in [-0.15, -0.1) is 0 Å². The van der Waals surface area contributed by atoms with Gasteiger partial charge in [0.1, 0.15) is 5.69 Å². The number of nitrogen functional groups attached to an aromatic ring is 1. The van der Waals surface area contributed by atoms with Crippen molar-refractivity contribution in [2.75, 3.05) is 23.3 Å². The first-order valence-electron chi connectivity index (χ1n) is 4.18. The number of aromatic amines is 1. The molecule has 0 aliphatic heterocycles. The molecule has 4 N–H and O–H groups in total. The number of nitrogens with two attached hydrogens (primary N) is 1. The number of alkyl halides is 3. The molecule has 1 aromatic rings. The summed E-state index contributed by atoms with van der Waals surface area (Å²) in [4.78, 5) is 16.9. The summed E-state index contributed by atoms with van der Waals surface area (Å²) in [6.07, 6.45) is 1.12. The molecule has 1 aromatic heterocycles. The van der Waals surface area contributed by atoms with E-state index in [9.17, 15) is 18.0 Å². The second kappa shape index (κ2) is 5.10. The quantitative estimate of drug-likeness (QED) is 0.698. The van der Waals surface area contributed by atoms with Crippen molar-refractivity contribution in [1.82, 2.24) is 9.97 Å². The summed E-state index contributed by atoms with van der Waals surface area (Å²) < 4.78 is 35.3. The fraction of sp³-hybridized carbons (Fsp3) is 0.429. The number of nitrogens with zero attached hydrogens (tertiary/aromatic N) is 1. The van der Waals surface area contributed by atoms with Crippen LogP contribution in [0.5, 0.6) is 0 Å². The molecule has 0 bridgehead atoms. The lowest BCUT2D eigenvalue weighted by Gasteiger charge is -2.08. The van der Waals surface area contributed by atoms with Crippen LogP contribution in [-0.4, -0.2) is 27.8 Å². The molecule has 1 rings (SSSR count). The predicted molar refractivity (Wildman–Crippen MR) is 56.3 cm³/mol. The van der Waals surface area contributed by atoms with Crippen LogP contribution in [-0.2, 0) is 0 Å². The van der Waals surface area contributed by atoms with Crippen LogP contribution < -0.4 is 16.6 Å². The van der Waals surface area contributed by atoms with Crippen LogP contribution in [0.4, 0.5) is 24.7 Å². The van der Waals surface area contributed by atoms with E-state index in [0.717, 1.165) is 6.33 Å². The number of hydrogen-bond donors (Lipinski definition) is 3. The molecule has 0 spiro atoms. The number of aromatic nitrogens is 2. The Morgan fingerprint density at radius 1 is 1.56 bits per heavy atom. The van der Waals surface area contributed by atoms with Gasteiger partial charge in [0.2, 0.25) is 0 Å². The third-order valence-corrected chi connectivity index (χ3v) is 2.28. The van der Waals surface area contributed by atoms with E-state index < -0.39 is 11.1 Å². The normalized spacial score (nSPS) is 11.4. The lowest BCUT2D eigenvalue weighted by atomic mass is 10.5. The number of anilines is 2. The van der Waals surface area contributed by atoms with Gasteiger partial charge in [0.25, 0.3) is 5.56 Å². The Morgan fingerprint density at radius 2 is 2.25 bits per heavy atom. The highest BCUT2D eigenvalue weighted by atomic mass is 32.2. The smallest absolute Gasteiger partial charge is 0.391 e. The van der Waals surface area contributed by atoms with E-state index in [2.05, 4.69) is 15.3 Å². The number of halogens is 3. The Kier molecular flexibility index (Phi) is 4.05. The maximum atomic E-state index is 11.8. The van der Waals surface area contributed by atoms with Crippen molar-refractivity contribution in [2.24, 2.45) is 0 Å². The minimum Gasteiger partial charge on any atom is -0.391 e. The van der Waals surface area contributed by atoms with Gasteiger partial charge in [0.05, 0.1) is 6.33 Å². The van der Waals surface area contributed by atoms with Crippen molar-refractivity contribution in [2.45, 2.75) is 5.51 Å². The molecule has 0 aliphatic rings. The van der Waals surface area contributed by atoms with Crippen molar-refractivity contribution < 1.29 is 13.2 Å². The molecule has 16 heavy (non-hydrogen) atoms. The highest BCUT2D eigenvalue weighted by Crippen LogP contribution is 2.29. The Morgan fingerprint density at radius 3 is 2.88 bits per heavy atom. The molecule has 0 saturated heterocycles. The third kappa shape index (κ3) is 4.01. The maximum absolute atomic E-state index is 11.8. The molecule has 0 aliphatic carbocycles. The summed E-state index contributed by atoms with van der Waals surface area (Å²) in [7, 11) is 0. The fourth-order valence-corrected chi connectivity index (χ4v) is 1.32. The van der Waals surface area contributed by atoms with Gasteiger partial charge in [-0.3, -0.25) is 4.79 Å². The highest BCUT2D eigenvalue weighted by molar-refractivity contribution is 8.00. The van der Waals surface area contributed by atoms with E-state index >= 15 is 0 Å². The number of H-pyrrole nitrogens is 1. The lowest BCUT2D eigenvalue weighted by Crippen LogP contribution is -2.18. The minimum absolute atomic E-state index is 0.0187.